The summed E-state index contributed by atoms with van der Waals surface area (Å²) in [6, 6.07) is 15.9. The second-order valence-corrected chi connectivity index (χ2v) is 8.89. The fraction of sp³-hybridized carbons (Fsp3) is 0.300. The van der Waals surface area contributed by atoms with E-state index < -0.39 is 0 Å². The highest BCUT2D eigenvalue weighted by Crippen LogP contribution is 2.21. The highest BCUT2D eigenvalue weighted by atomic mass is 16.5. The molecule has 5 rings (SSSR count). The lowest BCUT2D eigenvalue weighted by Gasteiger charge is -2.32. The smallest absolute Gasteiger partial charge is 0.254 e. The van der Waals surface area contributed by atoms with Crippen LogP contribution in [0.5, 0.6) is 5.75 Å². The molecule has 3 aliphatic rings. The van der Waals surface area contributed by atoms with Crippen molar-refractivity contribution < 1.29 is 14.3 Å². The molecule has 2 aromatic carbocycles. The molecule has 0 spiro atoms. The van der Waals surface area contributed by atoms with Crippen molar-refractivity contribution in [1.82, 2.24) is 15.5 Å². The minimum Gasteiger partial charge on any atom is -0.497 e. The van der Waals surface area contributed by atoms with Gasteiger partial charge in [0.2, 0.25) is 0 Å². The van der Waals surface area contributed by atoms with Crippen LogP contribution in [0.3, 0.4) is 0 Å². The summed E-state index contributed by atoms with van der Waals surface area (Å²) >= 11 is 0. The maximum absolute atomic E-state index is 12.5. The number of benzene rings is 2. The summed E-state index contributed by atoms with van der Waals surface area (Å²) < 4.78 is 10.5. The molecular formula is C30H36N4O3. The Labute approximate surface area is 219 Å². The van der Waals surface area contributed by atoms with Gasteiger partial charge in [0.15, 0.2) is 0 Å². The third-order valence-corrected chi connectivity index (χ3v) is 6.35. The van der Waals surface area contributed by atoms with Crippen LogP contribution >= 0.6 is 0 Å². The number of amides is 1. The Hall–Kier alpha value is -3.65. The van der Waals surface area contributed by atoms with E-state index in [4.69, 9.17) is 9.47 Å². The van der Waals surface area contributed by atoms with Crippen molar-refractivity contribution in [2.24, 2.45) is 0 Å². The van der Waals surface area contributed by atoms with Crippen molar-refractivity contribution in [1.29, 1.82) is 0 Å². The number of allylic oxidation sites excluding steroid dienone is 8. The second-order valence-electron chi connectivity index (χ2n) is 8.89. The van der Waals surface area contributed by atoms with E-state index in [0.717, 1.165) is 24.5 Å². The van der Waals surface area contributed by atoms with Gasteiger partial charge in [-0.05, 0) is 42.0 Å². The molecule has 2 aliphatic heterocycles. The average molecular weight is 501 g/mol. The van der Waals surface area contributed by atoms with Crippen molar-refractivity contribution in [3.05, 3.63) is 108 Å². The van der Waals surface area contributed by atoms with Gasteiger partial charge in [0, 0.05) is 43.3 Å². The lowest BCUT2D eigenvalue weighted by atomic mass is 9.97. The number of nitrogens with zero attached hydrogens (tertiary/aromatic N) is 1. The molecule has 2 heterocycles. The fourth-order valence-electron chi connectivity index (χ4n) is 4.22. The van der Waals surface area contributed by atoms with Gasteiger partial charge in [0.25, 0.3) is 5.91 Å². The normalized spacial score (nSPS) is 24.3. The molecule has 2 saturated heterocycles. The Kier molecular flexibility index (Phi) is 10.1. The van der Waals surface area contributed by atoms with E-state index in [1.807, 2.05) is 89.9 Å². The molecule has 1 aliphatic carbocycles. The molecular weight excluding hydrogens is 464 g/mol. The molecule has 0 aromatic heterocycles. The van der Waals surface area contributed by atoms with E-state index >= 15 is 0 Å². The van der Waals surface area contributed by atoms with Crippen LogP contribution in [0.4, 0.5) is 5.69 Å². The summed E-state index contributed by atoms with van der Waals surface area (Å²) in [6.07, 6.45) is 16.0. The molecule has 37 heavy (non-hydrogen) atoms. The zero-order valence-electron chi connectivity index (χ0n) is 21.3. The first-order valence-corrected chi connectivity index (χ1v) is 12.7. The maximum atomic E-state index is 12.5. The number of carbonyl (C=O) groups excluding carboxylic acids is 1. The first-order valence-electron chi connectivity index (χ1n) is 12.7. The number of methoxy groups -OCH3 is 1. The molecule has 194 valence electrons. The molecule has 7 heteroatoms. The third kappa shape index (κ3) is 8.18. The summed E-state index contributed by atoms with van der Waals surface area (Å²) in [7, 11) is 1.68. The van der Waals surface area contributed by atoms with Crippen molar-refractivity contribution >= 4 is 11.6 Å². The largest absolute Gasteiger partial charge is 0.497 e. The van der Waals surface area contributed by atoms with Crippen LogP contribution < -0.4 is 20.7 Å². The molecule has 0 unspecified atom stereocenters. The van der Waals surface area contributed by atoms with Gasteiger partial charge in [-0.1, -0.05) is 60.7 Å². The van der Waals surface area contributed by atoms with Crippen LogP contribution in [0, 0.1) is 0 Å². The van der Waals surface area contributed by atoms with Crippen molar-refractivity contribution in [3.8, 4) is 5.75 Å². The zero-order valence-corrected chi connectivity index (χ0v) is 21.3. The number of nitrogens with one attached hydrogen (secondary N) is 3. The van der Waals surface area contributed by atoms with Crippen LogP contribution in [-0.2, 0) is 4.74 Å². The van der Waals surface area contributed by atoms with Crippen molar-refractivity contribution in [3.63, 3.8) is 0 Å². The van der Waals surface area contributed by atoms with E-state index in [1.165, 1.54) is 5.56 Å². The van der Waals surface area contributed by atoms with Gasteiger partial charge in [0.1, 0.15) is 12.0 Å². The van der Waals surface area contributed by atoms with Gasteiger partial charge in [0.05, 0.1) is 20.3 Å². The predicted molar refractivity (Wildman–Crippen MR) is 149 cm³/mol. The topological polar surface area (TPSA) is 74.9 Å². The fourth-order valence-corrected chi connectivity index (χ4v) is 4.22. The number of morpholine rings is 1. The monoisotopic (exact) mass is 500 g/mol. The number of anilines is 1. The summed E-state index contributed by atoms with van der Waals surface area (Å²) in [5.74, 6) is 1.35. The molecule has 0 saturated carbocycles. The van der Waals surface area contributed by atoms with Gasteiger partial charge in [-0.15, -0.1) is 0 Å². The number of ether oxygens (including phenoxy) is 2. The number of hydrogen-bond acceptors (Lipinski definition) is 6. The molecule has 3 N–H and O–H groups in total. The molecule has 2 fully saturated rings. The Bertz CT molecular complexity index is 1040. The van der Waals surface area contributed by atoms with Crippen molar-refractivity contribution in [2.75, 3.05) is 51.8 Å². The standard InChI is InChI=1S/C22H28N4O3.C8H8/c1-28-20-8-4-16(5-9-20)18-14-23-22(24-15-18)25-19-6-2-17(3-7-19)21(27)26-10-12-29-13-11-26;1-2-4-6-8-7-5-3-1/h2-9,18,22-25H,10-15H2,1H3;1-8H/b;2-1-,3-1?,4-2?,5-3-,6-4-,7-5?,8-6?,8-7-. The minimum absolute atomic E-state index is 0.00899. The van der Waals surface area contributed by atoms with Crippen LogP contribution in [0.15, 0.2) is 97.1 Å². The second kappa shape index (κ2) is 14.2. The van der Waals surface area contributed by atoms with Crippen LogP contribution in [-0.4, -0.2) is 63.6 Å². The van der Waals surface area contributed by atoms with E-state index in [2.05, 4.69) is 28.1 Å². The maximum Gasteiger partial charge on any atom is 0.254 e. The van der Waals surface area contributed by atoms with Gasteiger partial charge in [-0.2, -0.15) is 0 Å². The first-order chi connectivity index (χ1) is 18.2. The number of rotatable bonds is 5. The summed E-state index contributed by atoms with van der Waals surface area (Å²) in [6.45, 7) is 4.30. The number of carbonyl (C=O) groups is 1. The van der Waals surface area contributed by atoms with Gasteiger partial charge in [-0.3, -0.25) is 15.4 Å². The highest BCUT2D eigenvalue weighted by molar-refractivity contribution is 5.94. The average Bonchev–Trinajstić information content (AvgIpc) is 2.94. The molecule has 2 aromatic rings. The highest BCUT2D eigenvalue weighted by Gasteiger charge is 2.22. The van der Waals surface area contributed by atoms with Gasteiger partial charge < -0.3 is 19.7 Å². The Morgan fingerprint density at radius 2 is 1.38 bits per heavy atom. The SMILES string of the molecule is C1=C\C=C/C=C\C=C/1.COc1ccc(C2CNC(Nc3ccc(C(=O)N4CCOCC4)cc3)NC2)cc1. The third-order valence-electron chi connectivity index (χ3n) is 6.35. The van der Waals surface area contributed by atoms with Crippen LogP contribution in [0.2, 0.25) is 0 Å². The summed E-state index contributed by atoms with van der Waals surface area (Å²) in [4.78, 5) is 14.4. The first kappa shape index (κ1) is 26.4. The minimum atomic E-state index is -0.00899. The Balaban J connectivity index is 0.000000342. The van der Waals surface area contributed by atoms with Gasteiger partial charge >= 0.3 is 0 Å². The van der Waals surface area contributed by atoms with Crippen LogP contribution in [0.1, 0.15) is 21.8 Å². The zero-order chi connectivity index (χ0) is 25.7. The summed E-state index contributed by atoms with van der Waals surface area (Å²) in [5, 5.41) is 10.4. The van der Waals surface area contributed by atoms with Crippen molar-refractivity contribution in [2.45, 2.75) is 12.2 Å². The molecule has 0 radical (unpaired) electrons. The van der Waals surface area contributed by atoms with E-state index in [0.29, 0.717) is 37.8 Å². The van der Waals surface area contributed by atoms with E-state index in [1.54, 1.807) is 7.11 Å². The quantitative estimate of drug-likeness (QED) is 0.575. The summed E-state index contributed by atoms with van der Waals surface area (Å²) in [5.41, 5.74) is 2.97. The van der Waals surface area contributed by atoms with E-state index in [9.17, 15) is 4.79 Å². The Morgan fingerprint density at radius 3 is 1.89 bits per heavy atom. The lowest BCUT2D eigenvalue weighted by molar-refractivity contribution is 0.0303. The molecule has 1 amide bonds. The number of hydrogen-bond donors (Lipinski definition) is 3. The van der Waals surface area contributed by atoms with Gasteiger partial charge in [-0.25, -0.2) is 0 Å². The lowest BCUT2D eigenvalue weighted by Crippen LogP contribution is -2.55. The molecule has 7 nitrogen and oxygen atoms in total. The van der Waals surface area contributed by atoms with Crippen LogP contribution in [0.25, 0.3) is 0 Å². The molecule has 0 bridgehead atoms. The van der Waals surface area contributed by atoms with E-state index in [-0.39, 0.29) is 12.2 Å². The predicted octanol–water partition coefficient (Wildman–Crippen LogP) is 4.06. The Morgan fingerprint density at radius 1 is 0.838 bits per heavy atom. The molecule has 0 atom stereocenters.